The first-order chi connectivity index (χ1) is 8.11. The number of carboxylic acids is 1. The van der Waals surface area contributed by atoms with Crippen LogP contribution in [0.2, 0.25) is 0 Å². The highest BCUT2D eigenvalue weighted by Gasteiger charge is 2.14. The Balaban J connectivity index is 2.55. The molecule has 4 nitrogen and oxygen atoms in total. The fourth-order valence-corrected chi connectivity index (χ4v) is 1.76. The lowest BCUT2D eigenvalue weighted by atomic mass is 10.1. The summed E-state index contributed by atoms with van der Waals surface area (Å²) < 4.78 is 5.12. The number of nitrogens with one attached hydrogen (secondary N) is 1. The molecule has 0 spiro atoms. The Morgan fingerprint density at radius 1 is 1.35 bits per heavy atom. The number of aromatic nitrogens is 1. The highest BCUT2D eigenvalue weighted by atomic mass is 16.5. The van der Waals surface area contributed by atoms with E-state index in [0.29, 0.717) is 11.4 Å². The summed E-state index contributed by atoms with van der Waals surface area (Å²) in [6.07, 6.45) is 0. The summed E-state index contributed by atoms with van der Waals surface area (Å²) in [4.78, 5) is 14.2. The maximum Gasteiger partial charge on any atom is 0.337 e. The molecule has 0 bridgehead atoms. The van der Waals surface area contributed by atoms with Crippen LogP contribution in [0, 0.1) is 6.92 Å². The molecule has 0 saturated heterocycles. The number of aromatic carboxylic acids is 1. The molecule has 0 aliphatic carbocycles. The Bertz CT molecular complexity index is 558. The van der Waals surface area contributed by atoms with E-state index in [-0.39, 0.29) is 5.56 Å². The quantitative estimate of drug-likeness (QED) is 0.853. The molecule has 0 atom stereocenters. The Labute approximate surface area is 98.9 Å². The number of benzene rings is 1. The molecule has 2 aromatic rings. The van der Waals surface area contributed by atoms with E-state index in [2.05, 4.69) is 4.98 Å². The van der Waals surface area contributed by atoms with Gasteiger partial charge in [0.2, 0.25) is 0 Å². The van der Waals surface area contributed by atoms with Crippen LogP contribution in [0.4, 0.5) is 0 Å². The number of aromatic amines is 1. The monoisotopic (exact) mass is 231 g/mol. The van der Waals surface area contributed by atoms with E-state index in [1.165, 1.54) is 0 Å². The fourth-order valence-electron chi connectivity index (χ4n) is 1.76. The van der Waals surface area contributed by atoms with Crippen molar-refractivity contribution < 1.29 is 14.6 Å². The molecule has 2 N–H and O–H groups in total. The van der Waals surface area contributed by atoms with Crippen molar-refractivity contribution in [3.8, 4) is 17.0 Å². The molecule has 0 fully saturated rings. The van der Waals surface area contributed by atoms with Gasteiger partial charge in [0.05, 0.1) is 18.4 Å². The first kappa shape index (κ1) is 11.3. The van der Waals surface area contributed by atoms with Crippen LogP contribution in [0.1, 0.15) is 16.1 Å². The van der Waals surface area contributed by atoms with Gasteiger partial charge in [-0.15, -0.1) is 0 Å². The average Bonchev–Trinajstić information content (AvgIpc) is 2.72. The molecule has 0 unspecified atom stereocenters. The summed E-state index contributed by atoms with van der Waals surface area (Å²) >= 11 is 0. The van der Waals surface area contributed by atoms with Gasteiger partial charge in [-0.05, 0) is 25.1 Å². The van der Waals surface area contributed by atoms with E-state index in [1.54, 1.807) is 19.2 Å². The Hall–Kier alpha value is -2.23. The van der Waals surface area contributed by atoms with Gasteiger partial charge in [0, 0.05) is 11.3 Å². The van der Waals surface area contributed by atoms with Crippen molar-refractivity contribution in [3.05, 3.63) is 41.6 Å². The van der Waals surface area contributed by atoms with Crippen molar-refractivity contribution in [1.82, 2.24) is 4.98 Å². The van der Waals surface area contributed by atoms with Gasteiger partial charge in [0.1, 0.15) is 5.75 Å². The topological polar surface area (TPSA) is 62.3 Å². The number of methoxy groups -OCH3 is 1. The lowest BCUT2D eigenvalue weighted by Crippen LogP contribution is -1.96. The third kappa shape index (κ3) is 2.15. The van der Waals surface area contributed by atoms with Crippen molar-refractivity contribution in [2.75, 3.05) is 7.11 Å². The third-order valence-corrected chi connectivity index (χ3v) is 2.54. The highest BCUT2D eigenvalue weighted by molar-refractivity contribution is 5.95. The van der Waals surface area contributed by atoms with Crippen LogP contribution in [-0.4, -0.2) is 23.2 Å². The molecule has 2 rings (SSSR count). The standard InChI is InChI=1S/C13H13NO3/c1-8-6-11(13(15)16)12(14-8)9-4-3-5-10(7-9)17-2/h3-7,14H,1-2H3,(H,15,16). The second-order valence-corrected chi connectivity index (χ2v) is 3.78. The van der Waals surface area contributed by atoms with Crippen LogP contribution in [-0.2, 0) is 0 Å². The molecule has 0 aliphatic heterocycles. The lowest BCUT2D eigenvalue weighted by molar-refractivity contribution is 0.0698. The van der Waals surface area contributed by atoms with Gasteiger partial charge in [-0.1, -0.05) is 12.1 Å². The van der Waals surface area contributed by atoms with Gasteiger partial charge in [-0.25, -0.2) is 4.79 Å². The van der Waals surface area contributed by atoms with Crippen molar-refractivity contribution in [1.29, 1.82) is 0 Å². The second kappa shape index (κ2) is 4.33. The molecule has 1 aromatic heterocycles. The van der Waals surface area contributed by atoms with Crippen LogP contribution in [0.25, 0.3) is 11.3 Å². The largest absolute Gasteiger partial charge is 0.497 e. The van der Waals surface area contributed by atoms with Gasteiger partial charge < -0.3 is 14.8 Å². The minimum Gasteiger partial charge on any atom is -0.497 e. The number of rotatable bonds is 3. The second-order valence-electron chi connectivity index (χ2n) is 3.78. The average molecular weight is 231 g/mol. The summed E-state index contributed by atoms with van der Waals surface area (Å²) in [5.74, 6) is -0.238. The van der Waals surface area contributed by atoms with E-state index < -0.39 is 5.97 Å². The fraction of sp³-hybridized carbons (Fsp3) is 0.154. The smallest absolute Gasteiger partial charge is 0.337 e. The Morgan fingerprint density at radius 2 is 2.12 bits per heavy atom. The maximum absolute atomic E-state index is 11.1. The summed E-state index contributed by atoms with van der Waals surface area (Å²) in [7, 11) is 1.58. The van der Waals surface area contributed by atoms with Crippen molar-refractivity contribution in [2.45, 2.75) is 6.92 Å². The Kier molecular flexibility index (Phi) is 2.87. The zero-order chi connectivity index (χ0) is 12.4. The van der Waals surface area contributed by atoms with E-state index in [0.717, 1.165) is 11.3 Å². The third-order valence-electron chi connectivity index (χ3n) is 2.54. The highest BCUT2D eigenvalue weighted by Crippen LogP contribution is 2.26. The normalized spacial score (nSPS) is 10.2. The molecular formula is C13H13NO3. The van der Waals surface area contributed by atoms with Crippen LogP contribution < -0.4 is 4.74 Å². The predicted octanol–water partition coefficient (Wildman–Crippen LogP) is 2.70. The van der Waals surface area contributed by atoms with E-state index >= 15 is 0 Å². The summed E-state index contributed by atoms with van der Waals surface area (Å²) in [6, 6.07) is 8.92. The molecule has 1 heterocycles. The molecule has 17 heavy (non-hydrogen) atoms. The maximum atomic E-state index is 11.1. The zero-order valence-corrected chi connectivity index (χ0v) is 9.65. The molecule has 4 heteroatoms. The minimum absolute atomic E-state index is 0.274. The van der Waals surface area contributed by atoms with Gasteiger partial charge in [0.15, 0.2) is 0 Å². The number of aryl methyl sites for hydroxylation is 1. The van der Waals surface area contributed by atoms with Crippen LogP contribution in [0.5, 0.6) is 5.75 Å². The van der Waals surface area contributed by atoms with E-state index in [4.69, 9.17) is 9.84 Å². The number of ether oxygens (including phenoxy) is 1. The number of H-pyrrole nitrogens is 1. The molecule has 0 amide bonds. The van der Waals surface area contributed by atoms with E-state index in [9.17, 15) is 4.79 Å². The van der Waals surface area contributed by atoms with E-state index in [1.807, 2.05) is 25.1 Å². The van der Waals surface area contributed by atoms with Gasteiger partial charge in [0.25, 0.3) is 0 Å². The Morgan fingerprint density at radius 3 is 2.76 bits per heavy atom. The van der Waals surface area contributed by atoms with Crippen LogP contribution >= 0.6 is 0 Å². The summed E-state index contributed by atoms with van der Waals surface area (Å²) in [5.41, 5.74) is 2.50. The van der Waals surface area contributed by atoms with Crippen molar-refractivity contribution in [2.24, 2.45) is 0 Å². The minimum atomic E-state index is -0.938. The SMILES string of the molecule is COc1cccc(-c2[nH]c(C)cc2C(=O)O)c1. The number of carboxylic acid groups (broad SMARTS) is 1. The van der Waals surface area contributed by atoms with Crippen LogP contribution in [0.15, 0.2) is 30.3 Å². The van der Waals surface area contributed by atoms with Crippen molar-refractivity contribution >= 4 is 5.97 Å². The van der Waals surface area contributed by atoms with Crippen molar-refractivity contribution in [3.63, 3.8) is 0 Å². The first-order valence-corrected chi connectivity index (χ1v) is 5.19. The lowest BCUT2D eigenvalue weighted by Gasteiger charge is -2.04. The predicted molar refractivity (Wildman–Crippen MR) is 64.5 cm³/mol. The molecule has 0 aliphatic rings. The zero-order valence-electron chi connectivity index (χ0n) is 9.65. The summed E-state index contributed by atoms with van der Waals surface area (Å²) in [5, 5.41) is 9.12. The summed E-state index contributed by atoms with van der Waals surface area (Å²) in [6.45, 7) is 1.83. The van der Waals surface area contributed by atoms with Crippen LogP contribution in [0.3, 0.4) is 0 Å². The molecule has 0 radical (unpaired) electrons. The molecule has 1 aromatic carbocycles. The molecule has 0 saturated carbocycles. The van der Waals surface area contributed by atoms with Gasteiger partial charge >= 0.3 is 5.97 Å². The van der Waals surface area contributed by atoms with Gasteiger partial charge in [-0.2, -0.15) is 0 Å². The number of carbonyl (C=O) groups is 1. The van der Waals surface area contributed by atoms with Gasteiger partial charge in [-0.3, -0.25) is 0 Å². The molecular weight excluding hydrogens is 218 g/mol. The number of hydrogen-bond acceptors (Lipinski definition) is 2. The molecule has 88 valence electrons. The number of hydrogen-bond donors (Lipinski definition) is 2. The first-order valence-electron chi connectivity index (χ1n) is 5.19.